The van der Waals surface area contributed by atoms with E-state index >= 15 is 0 Å². The number of nitrogens with zero attached hydrogens (tertiary/aromatic N) is 1. The Balaban J connectivity index is 2.40. The molecule has 4 heteroatoms. The van der Waals surface area contributed by atoms with Crippen LogP contribution in [0.25, 0.3) is 10.9 Å². The minimum absolute atomic E-state index is 0.333. The number of hydrogen-bond donors (Lipinski definition) is 0. The first-order chi connectivity index (χ1) is 8.16. The first-order valence-electron chi connectivity index (χ1n) is 5.63. The molecule has 1 aliphatic rings. The van der Waals surface area contributed by atoms with Gasteiger partial charge in [-0.15, -0.1) is 0 Å². The molecule has 2 aromatic rings. The number of rotatable bonds is 0. The zero-order valence-corrected chi connectivity index (χ0v) is 10.6. The third-order valence-corrected chi connectivity index (χ3v) is 3.87. The molecule has 0 aliphatic heterocycles. The maximum atomic E-state index is 13.8. The first-order valence-corrected chi connectivity index (χ1v) is 6.38. The summed E-state index contributed by atoms with van der Waals surface area (Å²) in [5, 5.41) is 1.60. The molecule has 0 atom stereocenters. The number of benzene rings is 1. The second-order valence-electron chi connectivity index (χ2n) is 4.34. The second kappa shape index (κ2) is 4.11. The molecule has 1 aliphatic carbocycles. The van der Waals surface area contributed by atoms with Gasteiger partial charge in [-0.05, 0) is 43.4 Å². The standard InChI is InChI=1S/C13H10Cl2FN/c14-7-5-9-12(15)8-3-1-2-4-11(8)17-13(9)10(16)6-7/h5-6H,1-4H2. The van der Waals surface area contributed by atoms with Gasteiger partial charge in [-0.3, -0.25) is 0 Å². The number of aryl methyl sites for hydroxylation is 1. The van der Waals surface area contributed by atoms with E-state index in [1.54, 1.807) is 6.07 Å². The predicted octanol–water partition coefficient (Wildman–Crippen LogP) is 4.56. The van der Waals surface area contributed by atoms with Gasteiger partial charge in [0, 0.05) is 16.1 Å². The van der Waals surface area contributed by atoms with Crippen LogP contribution in [0, 0.1) is 5.82 Å². The smallest absolute Gasteiger partial charge is 0.150 e. The van der Waals surface area contributed by atoms with Crippen LogP contribution in [0.2, 0.25) is 10.0 Å². The molecular weight excluding hydrogens is 260 g/mol. The molecule has 0 radical (unpaired) electrons. The third kappa shape index (κ3) is 1.80. The number of aromatic nitrogens is 1. The Morgan fingerprint density at radius 2 is 1.88 bits per heavy atom. The average Bonchev–Trinajstić information content (AvgIpc) is 2.31. The van der Waals surface area contributed by atoms with Crippen molar-refractivity contribution in [2.24, 2.45) is 0 Å². The van der Waals surface area contributed by atoms with Gasteiger partial charge < -0.3 is 0 Å². The van der Waals surface area contributed by atoms with Crippen LogP contribution in [0.5, 0.6) is 0 Å². The fourth-order valence-corrected chi connectivity index (χ4v) is 2.95. The average molecular weight is 270 g/mol. The molecule has 17 heavy (non-hydrogen) atoms. The largest absolute Gasteiger partial charge is 0.249 e. The van der Waals surface area contributed by atoms with Gasteiger partial charge in [0.2, 0.25) is 0 Å². The van der Waals surface area contributed by atoms with E-state index in [-0.39, 0.29) is 0 Å². The molecule has 0 bridgehead atoms. The van der Waals surface area contributed by atoms with Gasteiger partial charge in [0.05, 0.1) is 5.02 Å². The lowest BCUT2D eigenvalue weighted by Crippen LogP contribution is -2.07. The van der Waals surface area contributed by atoms with E-state index in [0.29, 0.717) is 20.9 Å². The molecular formula is C13H10Cl2FN. The molecule has 0 amide bonds. The fourth-order valence-electron chi connectivity index (χ4n) is 2.39. The highest BCUT2D eigenvalue weighted by atomic mass is 35.5. The van der Waals surface area contributed by atoms with Crippen molar-refractivity contribution >= 4 is 34.1 Å². The van der Waals surface area contributed by atoms with Crippen molar-refractivity contribution in [3.8, 4) is 0 Å². The highest BCUT2D eigenvalue weighted by Crippen LogP contribution is 2.35. The first kappa shape index (κ1) is 11.2. The van der Waals surface area contributed by atoms with Gasteiger partial charge in [-0.1, -0.05) is 23.2 Å². The second-order valence-corrected chi connectivity index (χ2v) is 5.16. The Labute approximate surface area is 109 Å². The fraction of sp³-hybridized carbons (Fsp3) is 0.308. The molecule has 0 saturated carbocycles. The van der Waals surface area contributed by atoms with Crippen molar-refractivity contribution < 1.29 is 4.39 Å². The molecule has 0 fully saturated rings. The van der Waals surface area contributed by atoms with Crippen molar-refractivity contribution in [2.75, 3.05) is 0 Å². The monoisotopic (exact) mass is 269 g/mol. The zero-order valence-electron chi connectivity index (χ0n) is 9.06. The Hall–Kier alpha value is -0.860. The van der Waals surface area contributed by atoms with E-state index in [4.69, 9.17) is 23.2 Å². The van der Waals surface area contributed by atoms with E-state index in [1.807, 2.05) is 0 Å². The minimum atomic E-state index is -0.400. The van der Waals surface area contributed by atoms with E-state index in [0.717, 1.165) is 36.9 Å². The van der Waals surface area contributed by atoms with Crippen molar-refractivity contribution in [1.82, 2.24) is 4.98 Å². The van der Waals surface area contributed by atoms with Gasteiger partial charge in [0.15, 0.2) is 5.82 Å². The Morgan fingerprint density at radius 3 is 2.71 bits per heavy atom. The lowest BCUT2D eigenvalue weighted by Gasteiger charge is -2.17. The number of hydrogen-bond acceptors (Lipinski definition) is 1. The summed E-state index contributed by atoms with van der Waals surface area (Å²) in [5.74, 6) is -0.400. The molecule has 1 aromatic heterocycles. The molecule has 1 aromatic carbocycles. The molecule has 1 heterocycles. The summed E-state index contributed by atoms with van der Waals surface area (Å²) < 4.78 is 13.8. The predicted molar refractivity (Wildman–Crippen MR) is 68.4 cm³/mol. The SMILES string of the molecule is Fc1cc(Cl)cc2c(Cl)c3c(nc12)CCCC3. The molecule has 1 nitrogen and oxygen atoms in total. The topological polar surface area (TPSA) is 12.9 Å². The summed E-state index contributed by atoms with van der Waals surface area (Å²) in [5.41, 5.74) is 2.34. The number of pyridine rings is 1. The maximum absolute atomic E-state index is 13.8. The van der Waals surface area contributed by atoms with Crippen LogP contribution in [0.3, 0.4) is 0 Å². The highest BCUT2D eigenvalue weighted by Gasteiger charge is 2.18. The van der Waals surface area contributed by atoms with Crippen LogP contribution in [0.15, 0.2) is 12.1 Å². The van der Waals surface area contributed by atoms with Crippen LogP contribution < -0.4 is 0 Å². The summed E-state index contributed by atoms with van der Waals surface area (Å²) in [7, 11) is 0. The van der Waals surface area contributed by atoms with Crippen LogP contribution in [0.1, 0.15) is 24.1 Å². The molecule has 0 N–H and O–H groups in total. The van der Waals surface area contributed by atoms with Gasteiger partial charge in [0.25, 0.3) is 0 Å². The Bertz CT molecular complexity index is 610. The van der Waals surface area contributed by atoms with Gasteiger partial charge in [-0.25, -0.2) is 9.37 Å². The molecule has 0 spiro atoms. The summed E-state index contributed by atoms with van der Waals surface area (Å²) in [4.78, 5) is 4.40. The summed E-state index contributed by atoms with van der Waals surface area (Å²) in [6.07, 6.45) is 4.01. The van der Waals surface area contributed by atoms with E-state index in [2.05, 4.69) is 4.98 Å². The maximum Gasteiger partial charge on any atom is 0.150 e. The van der Waals surface area contributed by atoms with Crippen molar-refractivity contribution in [3.05, 3.63) is 39.3 Å². The van der Waals surface area contributed by atoms with Gasteiger partial charge in [0.1, 0.15) is 5.52 Å². The van der Waals surface area contributed by atoms with Gasteiger partial charge >= 0.3 is 0 Å². The molecule has 3 rings (SSSR count). The van der Waals surface area contributed by atoms with Crippen LogP contribution in [0.4, 0.5) is 4.39 Å². The van der Waals surface area contributed by atoms with Crippen molar-refractivity contribution in [3.63, 3.8) is 0 Å². The quantitative estimate of drug-likeness (QED) is 0.683. The molecule has 88 valence electrons. The van der Waals surface area contributed by atoms with Crippen LogP contribution >= 0.6 is 23.2 Å². The minimum Gasteiger partial charge on any atom is -0.249 e. The van der Waals surface area contributed by atoms with Gasteiger partial charge in [-0.2, -0.15) is 0 Å². The lowest BCUT2D eigenvalue weighted by molar-refractivity contribution is 0.632. The summed E-state index contributed by atoms with van der Waals surface area (Å²) in [6.45, 7) is 0. The summed E-state index contributed by atoms with van der Waals surface area (Å²) in [6, 6.07) is 2.96. The molecule has 0 saturated heterocycles. The van der Waals surface area contributed by atoms with Crippen LogP contribution in [-0.4, -0.2) is 4.98 Å². The lowest BCUT2D eigenvalue weighted by atomic mass is 9.94. The number of fused-ring (bicyclic) bond motifs is 2. The molecule has 0 unspecified atom stereocenters. The van der Waals surface area contributed by atoms with E-state index in [9.17, 15) is 4.39 Å². The normalized spacial score (nSPS) is 15.0. The Morgan fingerprint density at radius 1 is 1.12 bits per heavy atom. The van der Waals surface area contributed by atoms with Crippen molar-refractivity contribution in [1.29, 1.82) is 0 Å². The van der Waals surface area contributed by atoms with Crippen LogP contribution in [-0.2, 0) is 12.8 Å². The highest BCUT2D eigenvalue weighted by molar-refractivity contribution is 6.37. The van der Waals surface area contributed by atoms with E-state index in [1.165, 1.54) is 6.07 Å². The van der Waals surface area contributed by atoms with Crippen molar-refractivity contribution in [2.45, 2.75) is 25.7 Å². The Kier molecular flexibility index (Phi) is 2.72. The number of halogens is 3. The summed E-state index contributed by atoms with van der Waals surface area (Å²) >= 11 is 12.2. The third-order valence-electron chi connectivity index (χ3n) is 3.22. The zero-order chi connectivity index (χ0) is 12.0. The van der Waals surface area contributed by atoms with E-state index < -0.39 is 5.82 Å².